The molecule has 0 aliphatic heterocycles. The van der Waals surface area contributed by atoms with Crippen LogP contribution in [0.2, 0.25) is 0 Å². The van der Waals surface area contributed by atoms with Gasteiger partial charge in [-0.2, -0.15) is 0 Å². The van der Waals surface area contributed by atoms with Crippen molar-refractivity contribution < 1.29 is 9.21 Å². The molecular weight excluding hydrogens is 360 g/mol. The quantitative estimate of drug-likeness (QED) is 0.628. The largest absolute Gasteiger partial charge is 0.419 e. The third kappa shape index (κ3) is 5.24. The highest BCUT2D eigenvalue weighted by Crippen LogP contribution is 2.23. The zero-order chi connectivity index (χ0) is 19.2. The van der Waals surface area contributed by atoms with E-state index in [1.165, 1.54) is 5.56 Å². The van der Waals surface area contributed by atoms with Crippen molar-refractivity contribution in [3.63, 3.8) is 0 Å². The van der Waals surface area contributed by atoms with E-state index in [4.69, 9.17) is 4.42 Å². The molecule has 3 rings (SSSR count). The molecule has 27 heavy (non-hydrogen) atoms. The monoisotopic (exact) mass is 384 g/mol. The number of thiophene rings is 1. The number of aryl methyl sites for hydroxylation is 2. The second kappa shape index (κ2) is 8.92. The molecule has 3 aromatic rings. The summed E-state index contributed by atoms with van der Waals surface area (Å²) in [5, 5.41) is 13.2. The molecule has 2 heterocycles. The molecule has 0 saturated carbocycles. The number of amides is 1. The number of benzene rings is 1. The van der Waals surface area contributed by atoms with Crippen molar-refractivity contribution in [2.24, 2.45) is 0 Å². The average molecular weight is 385 g/mol. The van der Waals surface area contributed by atoms with Crippen molar-refractivity contribution in [3.05, 3.63) is 52.7 Å². The lowest BCUT2D eigenvalue weighted by Gasteiger charge is -2.19. The van der Waals surface area contributed by atoms with Gasteiger partial charge in [-0.25, -0.2) is 0 Å². The molecule has 6 nitrogen and oxygen atoms in total. The Labute approximate surface area is 163 Å². The van der Waals surface area contributed by atoms with Gasteiger partial charge in [-0.3, -0.25) is 9.69 Å². The van der Waals surface area contributed by atoms with Crippen molar-refractivity contribution in [3.8, 4) is 10.8 Å². The molecule has 0 aliphatic rings. The molecule has 0 aliphatic carbocycles. The molecule has 1 amide bonds. The van der Waals surface area contributed by atoms with E-state index in [9.17, 15) is 4.79 Å². The van der Waals surface area contributed by atoms with E-state index in [0.29, 0.717) is 18.3 Å². The highest BCUT2D eigenvalue weighted by atomic mass is 32.1. The van der Waals surface area contributed by atoms with Crippen LogP contribution >= 0.6 is 11.3 Å². The lowest BCUT2D eigenvalue weighted by atomic mass is 10.1. The Kier molecular flexibility index (Phi) is 6.36. The predicted molar refractivity (Wildman–Crippen MR) is 108 cm³/mol. The third-order valence-corrected chi connectivity index (χ3v) is 4.98. The average Bonchev–Trinajstić information content (AvgIpc) is 3.29. The first-order valence-corrected chi connectivity index (χ1v) is 9.89. The summed E-state index contributed by atoms with van der Waals surface area (Å²) in [6.07, 6.45) is 0.933. The smallest absolute Gasteiger partial charge is 0.257 e. The van der Waals surface area contributed by atoms with E-state index in [2.05, 4.69) is 28.5 Å². The van der Waals surface area contributed by atoms with Gasteiger partial charge in [-0.15, -0.1) is 21.5 Å². The van der Waals surface area contributed by atoms with Crippen LogP contribution in [-0.4, -0.2) is 34.1 Å². The first-order valence-electron chi connectivity index (χ1n) is 9.01. The highest BCUT2D eigenvalue weighted by molar-refractivity contribution is 7.13. The molecule has 1 aromatic carbocycles. The maximum Gasteiger partial charge on any atom is 0.257 e. The normalized spacial score (nSPS) is 11.1. The summed E-state index contributed by atoms with van der Waals surface area (Å²) >= 11 is 1.56. The molecule has 0 radical (unpaired) electrons. The van der Waals surface area contributed by atoms with Crippen LogP contribution in [0, 0.1) is 13.8 Å². The molecule has 142 valence electrons. The van der Waals surface area contributed by atoms with Crippen LogP contribution in [0.1, 0.15) is 30.4 Å². The predicted octanol–water partition coefficient (Wildman–Crippen LogP) is 4.27. The number of hydrogen-bond acceptors (Lipinski definition) is 6. The summed E-state index contributed by atoms with van der Waals surface area (Å²) in [6, 6.07) is 9.90. The molecule has 0 unspecified atom stereocenters. The van der Waals surface area contributed by atoms with Crippen LogP contribution in [0.5, 0.6) is 0 Å². The Morgan fingerprint density at radius 2 is 2.11 bits per heavy atom. The van der Waals surface area contributed by atoms with Crippen molar-refractivity contribution >= 4 is 22.9 Å². The van der Waals surface area contributed by atoms with E-state index in [1.807, 2.05) is 48.4 Å². The fraction of sp³-hybridized carbons (Fsp3) is 0.350. The first-order chi connectivity index (χ1) is 13.0. The Balaban J connectivity index is 1.62. The molecule has 0 atom stereocenters. The number of nitrogens with zero attached hydrogens (tertiary/aromatic N) is 3. The van der Waals surface area contributed by atoms with Crippen LogP contribution in [0.25, 0.3) is 10.8 Å². The van der Waals surface area contributed by atoms with Gasteiger partial charge in [0.25, 0.3) is 5.89 Å². The lowest BCUT2D eigenvalue weighted by molar-refractivity contribution is -0.117. The lowest BCUT2D eigenvalue weighted by Crippen LogP contribution is -2.33. The van der Waals surface area contributed by atoms with Gasteiger partial charge in [-0.1, -0.05) is 30.7 Å². The van der Waals surface area contributed by atoms with E-state index < -0.39 is 0 Å². The number of carbonyl (C=O) groups is 1. The minimum absolute atomic E-state index is 0.0478. The van der Waals surface area contributed by atoms with Crippen molar-refractivity contribution in [2.45, 2.75) is 33.7 Å². The Morgan fingerprint density at radius 3 is 2.81 bits per heavy atom. The number of carbonyl (C=O) groups excluding carboxylic acids is 1. The standard InChI is InChI=1S/C20H24N4O2S/c1-4-9-24(12-18(25)21-16-8-7-14(2)11-15(16)3)13-19-22-23-20(26-19)17-6-5-10-27-17/h5-8,10-11H,4,9,12-13H2,1-3H3,(H,21,25). The number of anilines is 1. The molecule has 1 N–H and O–H groups in total. The molecule has 7 heteroatoms. The molecule has 0 fully saturated rings. The first kappa shape index (κ1) is 19.3. The van der Waals surface area contributed by atoms with Gasteiger partial charge in [-0.05, 0) is 49.9 Å². The zero-order valence-electron chi connectivity index (χ0n) is 15.9. The highest BCUT2D eigenvalue weighted by Gasteiger charge is 2.16. The minimum atomic E-state index is -0.0478. The fourth-order valence-corrected chi connectivity index (χ4v) is 3.53. The van der Waals surface area contributed by atoms with E-state index in [-0.39, 0.29) is 12.5 Å². The zero-order valence-corrected chi connectivity index (χ0v) is 16.7. The summed E-state index contributed by atoms with van der Waals surface area (Å²) in [7, 11) is 0. The van der Waals surface area contributed by atoms with E-state index >= 15 is 0 Å². The van der Waals surface area contributed by atoms with Crippen molar-refractivity contribution in [2.75, 3.05) is 18.4 Å². The van der Waals surface area contributed by atoms with Gasteiger partial charge in [0.2, 0.25) is 11.8 Å². The number of rotatable bonds is 8. The van der Waals surface area contributed by atoms with Crippen LogP contribution in [0.15, 0.2) is 40.1 Å². The molecule has 0 saturated heterocycles. The molecule has 0 spiro atoms. The number of aromatic nitrogens is 2. The Hall–Kier alpha value is -2.51. The van der Waals surface area contributed by atoms with Crippen molar-refractivity contribution in [1.29, 1.82) is 0 Å². The van der Waals surface area contributed by atoms with E-state index in [0.717, 1.165) is 29.1 Å². The molecular formula is C20H24N4O2S. The second-order valence-corrected chi connectivity index (χ2v) is 7.50. The van der Waals surface area contributed by atoms with Crippen LogP contribution < -0.4 is 5.32 Å². The molecule has 2 aromatic heterocycles. The minimum Gasteiger partial charge on any atom is -0.419 e. The maximum atomic E-state index is 12.5. The Bertz CT molecular complexity index is 889. The van der Waals surface area contributed by atoms with Crippen LogP contribution in [-0.2, 0) is 11.3 Å². The molecule has 0 bridgehead atoms. The van der Waals surface area contributed by atoms with E-state index in [1.54, 1.807) is 11.3 Å². The summed E-state index contributed by atoms with van der Waals surface area (Å²) < 4.78 is 5.75. The van der Waals surface area contributed by atoms with Gasteiger partial charge in [0.15, 0.2) is 0 Å². The number of hydrogen-bond donors (Lipinski definition) is 1. The van der Waals surface area contributed by atoms with Gasteiger partial charge in [0.05, 0.1) is 18.0 Å². The summed E-state index contributed by atoms with van der Waals surface area (Å²) in [4.78, 5) is 15.5. The van der Waals surface area contributed by atoms with Gasteiger partial charge < -0.3 is 9.73 Å². The van der Waals surface area contributed by atoms with Crippen LogP contribution in [0.3, 0.4) is 0 Å². The topological polar surface area (TPSA) is 71.3 Å². The maximum absolute atomic E-state index is 12.5. The Morgan fingerprint density at radius 1 is 1.26 bits per heavy atom. The SMILES string of the molecule is CCCN(CC(=O)Nc1ccc(C)cc1C)Cc1nnc(-c2cccs2)o1. The van der Waals surface area contributed by atoms with Gasteiger partial charge >= 0.3 is 0 Å². The second-order valence-electron chi connectivity index (χ2n) is 6.56. The van der Waals surface area contributed by atoms with Gasteiger partial charge in [0.1, 0.15) is 0 Å². The van der Waals surface area contributed by atoms with Crippen LogP contribution in [0.4, 0.5) is 5.69 Å². The summed E-state index contributed by atoms with van der Waals surface area (Å²) in [5.74, 6) is 0.996. The third-order valence-electron chi connectivity index (χ3n) is 4.12. The summed E-state index contributed by atoms with van der Waals surface area (Å²) in [5.41, 5.74) is 3.08. The number of nitrogens with one attached hydrogen (secondary N) is 1. The summed E-state index contributed by atoms with van der Waals surface area (Å²) in [6.45, 7) is 7.62. The van der Waals surface area contributed by atoms with Gasteiger partial charge in [0, 0.05) is 5.69 Å². The fourth-order valence-electron chi connectivity index (χ4n) is 2.89. The van der Waals surface area contributed by atoms with Crippen molar-refractivity contribution in [1.82, 2.24) is 15.1 Å².